The Balaban J connectivity index is 1.42. The third-order valence-electron chi connectivity index (χ3n) is 7.64. The van der Waals surface area contributed by atoms with Gasteiger partial charge in [-0.2, -0.15) is 23.1 Å². The molecule has 2 bridgehead atoms. The second-order valence-electron chi connectivity index (χ2n) is 10.2. The van der Waals surface area contributed by atoms with Crippen molar-refractivity contribution in [1.82, 2.24) is 30.2 Å². The molecule has 3 fully saturated rings. The number of nitrogens with two attached hydrogens (primary N) is 1. The number of aromatic nitrogens is 4. The van der Waals surface area contributed by atoms with E-state index in [9.17, 15) is 13.2 Å². The second kappa shape index (κ2) is 9.25. The normalized spacial score (nSPS) is 24.2. The minimum absolute atomic E-state index is 0.154. The van der Waals surface area contributed by atoms with E-state index < -0.39 is 17.8 Å². The summed E-state index contributed by atoms with van der Waals surface area (Å²) in [6.45, 7) is 3.09. The van der Waals surface area contributed by atoms with Gasteiger partial charge in [0, 0.05) is 48.4 Å². The predicted molar refractivity (Wildman–Crippen MR) is 133 cm³/mol. The number of alkyl halides is 3. The van der Waals surface area contributed by atoms with Crippen LogP contribution in [0.25, 0.3) is 22.0 Å². The van der Waals surface area contributed by atoms with Crippen molar-refractivity contribution in [2.75, 3.05) is 43.9 Å². The van der Waals surface area contributed by atoms with Crippen molar-refractivity contribution in [3.8, 4) is 17.1 Å². The molecule has 3 N–H and O–H groups in total. The summed E-state index contributed by atoms with van der Waals surface area (Å²) in [6.07, 6.45) is 0.813. The van der Waals surface area contributed by atoms with Crippen molar-refractivity contribution >= 4 is 22.7 Å². The number of ether oxygens (including phenoxy) is 1. The zero-order valence-corrected chi connectivity index (χ0v) is 20.5. The fourth-order valence-electron chi connectivity index (χ4n) is 5.72. The lowest BCUT2D eigenvalue weighted by Gasteiger charge is -2.34. The van der Waals surface area contributed by atoms with Crippen LogP contribution >= 0.6 is 0 Å². The molecule has 196 valence electrons. The molecule has 3 saturated heterocycles. The first kappa shape index (κ1) is 24.1. The number of likely N-dealkylation sites (N-methyl/N-ethyl adjacent to an activating group) is 1. The van der Waals surface area contributed by atoms with Crippen molar-refractivity contribution < 1.29 is 17.9 Å². The lowest BCUT2D eigenvalue weighted by molar-refractivity contribution is -0.140. The van der Waals surface area contributed by atoms with Crippen LogP contribution in [0.5, 0.6) is 6.01 Å². The van der Waals surface area contributed by atoms with E-state index in [1.165, 1.54) is 0 Å². The summed E-state index contributed by atoms with van der Waals surface area (Å²) >= 11 is 0. The first-order valence-corrected chi connectivity index (χ1v) is 12.6. The number of benzene rings is 1. The Hall–Kier alpha value is -3.25. The highest BCUT2D eigenvalue weighted by atomic mass is 19.4. The summed E-state index contributed by atoms with van der Waals surface area (Å²) in [5.74, 6) is 0.316. The molecule has 3 aromatic rings. The predicted octanol–water partition coefficient (Wildman–Crippen LogP) is 3.10. The first-order valence-electron chi connectivity index (χ1n) is 12.6. The lowest BCUT2D eigenvalue weighted by atomic mass is 10.0. The Bertz CT molecular complexity index is 1310. The van der Waals surface area contributed by atoms with Gasteiger partial charge in [-0.25, -0.2) is 9.97 Å². The van der Waals surface area contributed by atoms with Crippen molar-refractivity contribution in [2.24, 2.45) is 0 Å². The van der Waals surface area contributed by atoms with Crippen LogP contribution < -0.4 is 20.7 Å². The topological polar surface area (TPSA) is 105 Å². The molecule has 1 aromatic carbocycles. The van der Waals surface area contributed by atoms with Gasteiger partial charge in [0.1, 0.15) is 12.4 Å². The van der Waals surface area contributed by atoms with Crippen molar-refractivity contribution in [3.63, 3.8) is 0 Å². The van der Waals surface area contributed by atoms with E-state index in [2.05, 4.69) is 37.1 Å². The van der Waals surface area contributed by atoms with Gasteiger partial charge < -0.3 is 25.6 Å². The highest BCUT2D eigenvalue weighted by molar-refractivity contribution is 5.93. The van der Waals surface area contributed by atoms with E-state index in [0.29, 0.717) is 29.8 Å². The van der Waals surface area contributed by atoms with E-state index in [4.69, 9.17) is 15.5 Å². The molecule has 5 heterocycles. The molecule has 2 aromatic heterocycles. The van der Waals surface area contributed by atoms with Crippen molar-refractivity contribution in [2.45, 2.75) is 50.0 Å². The lowest BCUT2D eigenvalue weighted by Crippen LogP contribution is -2.51. The monoisotopic (exact) mass is 514 g/mol. The number of halogens is 3. The minimum Gasteiger partial charge on any atom is -0.462 e. The van der Waals surface area contributed by atoms with Gasteiger partial charge in [0.2, 0.25) is 5.95 Å². The number of nitrogen functional groups attached to an aromatic ring is 1. The fraction of sp³-hybridized carbons (Fsp3) is 0.520. The molecule has 0 aliphatic carbocycles. The second-order valence-corrected chi connectivity index (χ2v) is 10.2. The van der Waals surface area contributed by atoms with Crippen LogP contribution in [0.4, 0.5) is 24.9 Å². The van der Waals surface area contributed by atoms with E-state index in [0.717, 1.165) is 62.7 Å². The van der Waals surface area contributed by atoms with Gasteiger partial charge in [0.15, 0.2) is 5.69 Å². The van der Waals surface area contributed by atoms with Crippen LogP contribution in [-0.4, -0.2) is 76.3 Å². The fourth-order valence-corrected chi connectivity index (χ4v) is 5.72. The van der Waals surface area contributed by atoms with Gasteiger partial charge in [0.25, 0.3) is 0 Å². The summed E-state index contributed by atoms with van der Waals surface area (Å²) in [5.41, 5.74) is 5.04. The number of likely N-dealkylation sites (tertiary alicyclic amines) is 1. The van der Waals surface area contributed by atoms with Crippen LogP contribution in [0.15, 0.2) is 24.4 Å². The number of rotatable bonds is 5. The number of anilines is 2. The number of fused-ring (bicyclic) bond motifs is 3. The summed E-state index contributed by atoms with van der Waals surface area (Å²) in [5, 5.41) is 4.39. The van der Waals surface area contributed by atoms with Crippen molar-refractivity contribution in [3.05, 3.63) is 30.1 Å². The number of nitrogens with zero attached hydrogens (tertiary/aromatic N) is 6. The van der Waals surface area contributed by atoms with Crippen LogP contribution in [0, 0.1) is 0 Å². The number of nitrogens with one attached hydrogen (secondary N) is 1. The largest absolute Gasteiger partial charge is 0.462 e. The molecule has 3 atom stereocenters. The maximum atomic E-state index is 13.8. The smallest absolute Gasteiger partial charge is 0.434 e. The highest BCUT2D eigenvalue weighted by Gasteiger charge is 2.37. The Morgan fingerprint density at radius 2 is 1.89 bits per heavy atom. The van der Waals surface area contributed by atoms with Gasteiger partial charge in [-0.1, -0.05) is 6.07 Å². The van der Waals surface area contributed by atoms with Gasteiger partial charge in [-0.3, -0.25) is 0 Å². The standard InChI is InChI=1S/C25H29F3N8O/c1-35-8-2-3-17(35)13-37-24-32-20-9-14(19-10-30-23(29)33-21(19)25(26,27)28)4-7-18(20)22(34-24)36-11-15-5-6-16(12-36)31-15/h4,7,9-10,15-17,31H,2-3,5-6,8,11-13H2,1H3,(H2,29,30,33)/t15-,16+,17-/m0/s1. The molecular weight excluding hydrogens is 485 g/mol. The van der Waals surface area contributed by atoms with E-state index >= 15 is 0 Å². The van der Waals surface area contributed by atoms with Crippen LogP contribution in [0.2, 0.25) is 0 Å². The summed E-state index contributed by atoms with van der Waals surface area (Å²) in [4.78, 5) is 21.2. The van der Waals surface area contributed by atoms with E-state index in [1.807, 2.05) is 0 Å². The van der Waals surface area contributed by atoms with Crippen LogP contribution in [0.3, 0.4) is 0 Å². The van der Waals surface area contributed by atoms with Crippen LogP contribution in [-0.2, 0) is 6.18 Å². The first-order chi connectivity index (χ1) is 17.7. The number of hydrogen-bond donors (Lipinski definition) is 2. The quantitative estimate of drug-likeness (QED) is 0.531. The molecule has 37 heavy (non-hydrogen) atoms. The Kier molecular flexibility index (Phi) is 6.03. The third kappa shape index (κ3) is 4.75. The van der Waals surface area contributed by atoms with Gasteiger partial charge in [-0.15, -0.1) is 0 Å². The highest BCUT2D eigenvalue weighted by Crippen LogP contribution is 2.38. The number of hydrogen-bond acceptors (Lipinski definition) is 9. The van der Waals surface area contributed by atoms with Crippen molar-refractivity contribution in [1.29, 1.82) is 0 Å². The SMILES string of the molecule is CN1CCC[C@H]1COc1nc(N2C[C@H]3CC[C@@H](C2)N3)c2ccc(-c3cnc(N)nc3C(F)(F)F)cc2n1. The molecule has 0 saturated carbocycles. The van der Waals surface area contributed by atoms with Crippen LogP contribution in [0.1, 0.15) is 31.4 Å². The average molecular weight is 515 g/mol. The molecule has 3 aliphatic rings. The molecule has 0 unspecified atom stereocenters. The molecule has 6 rings (SSSR count). The van der Waals surface area contributed by atoms with Gasteiger partial charge in [0.05, 0.1) is 5.52 Å². The van der Waals surface area contributed by atoms with E-state index in [-0.39, 0.29) is 17.6 Å². The zero-order chi connectivity index (χ0) is 25.7. The molecule has 0 spiro atoms. The van der Waals surface area contributed by atoms with Gasteiger partial charge in [-0.05, 0) is 57.0 Å². The molecular formula is C25H29F3N8O. The zero-order valence-electron chi connectivity index (χ0n) is 20.5. The third-order valence-corrected chi connectivity index (χ3v) is 7.64. The Morgan fingerprint density at radius 1 is 1.11 bits per heavy atom. The summed E-state index contributed by atoms with van der Waals surface area (Å²) in [6, 6.07) is 6.32. The van der Waals surface area contributed by atoms with Gasteiger partial charge >= 0.3 is 12.2 Å². The minimum atomic E-state index is -4.68. The molecule has 0 amide bonds. The summed E-state index contributed by atoms with van der Waals surface area (Å²) in [7, 11) is 2.07. The number of piperazine rings is 1. The maximum Gasteiger partial charge on any atom is 0.434 e. The Morgan fingerprint density at radius 3 is 2.59 bits per heavy atom. The molecule has 12 heteroatoms. The maximum absolute atomic E-state index is 13.8. The molecule has 0 radical (unpaired) electrons. The average Bonchev–Trinajstić information content (AvgIpc) is 3.44. The molecule has 9 nitrogen and oxygen atoms in total. The molecule has 3 aliphatic heterocycles. The summed E-state index contributed by atoms with van der Waals surface area (Å²) < 4.78 is 47.3. The van der Waals surface area contributed by atoms with E-state index in [1.54, 1.807) is 18.2 Å². The Labute approximate surface area is 212 Å².